The van der Waals surface area contributed by atoms with E-state index < -0.39 is 0 Å². The lowest BCUT2D eigenvalue weighted by Gasteiger charge is -2.22. The third kappa shape index (κ3) is 0.882. The van der Waals surface area contributed by atoms with Crippen molar-refractivity contribution in [3.63, 3.8) is 0 Å². The molecule has 0 aliphatic heterocycles. The van der Waals surface area contributed by atoms with Gasteiger partial charge in [0.2, 0.25) is 0 Å². The molecule has 10 heavy (non-hydrogen) atoms. The lowest BCUT2D eigenvalue weighted by atomic mass is 9.81. The third-order valence-corrected chi connectivity index (χ3v) is 3.08. The van der Waals surface area contributed by atoms with Crippen LogP contribution in [0, 0.1) is 11.8 Å². The van der Waals surface area contributed by atoms with Crippen molar-refractivity contribution in [3.05, 3.63) is 0 Å². The Morgan fingerprint density at radius 2 is 1.90 bits per heavy atom. The van der Waals surface area contributed by atoms with Crippen molar-refractivity contribution in [2.45, 2.75) is 38.5 Å². The van der Waals surface area contributed by atoms with Crippen LogP contribution >= 0.6 is 0 Å². The maximum Gasteiger partial charge on any atom is 0.136 e. The largest absolute Gasteiger partial charge is 0.299 e. The first kappa shape index (κ1) is 6.38. The maximum absolute atomic E-state index is 11.2. The number of carbonyl (C=O) groups excluding carboxylic acids is 1. The molecule has 0 amide bonds. The van der Waals surface area contributed by atoms with E-state index in [1.807, 2.05) is 0 Å². The van der Waals surface area contributed by atoms with Gasteiger partial charge in [-0.25, -0.2) is 0 Å². The average Bonchev–Trinajstić information content (AvgIpc) is 2.34. The average molecular weight is 138 g/mol. The summed E-state index contributed by atoms with van der Waals surface area (Å²) in [7, 11) is 0. The Hall–Kier alpha value is -0.330. The Bertz CT molecular complexity index is 151. The lowest BCUT2D eigenvalue weighted by molar-refractivity contribution is -0.121. The second kappa shape index (κ2) is 2.37. The summed E-state index contributed by atoms with van der Waals surface area (Å²) in [6, 6.07) is 0. The zero-order valence-electron chi connectivity index (χ0n) is 6.31. The molecule has 0 N–H and O–H groups in total. The fourth-order valence-corrected chi connectivity index (χ4v) is 2.49. The third-order valence-electron chi connectivity index (χ3n) is 3.08. The minimum Gasteiger partial charge on any atom is -0.299 e. The molecule has 0 aromatic carbocycles. The molecule has 0 aromatic heterocycles. The molecule has 56 valence electrons. The van der Waals surface area contributed by atoms with Crippen molar-refractivity contribution >= 4 is 5.78 Å². The van der Waals surface area contributed by atoms with E-state index in [1.165, 1.54) is 32.1 Å². The second-order valence-electron chi connectivity index (χ2n) is 3.66. The Balaban J connectivity index is 2.08. The molecule has 2 unspecified atom stereocenters. The summed E-state index contributed by atoms with van der Waals surface area (Å²) in [4.78, 5) is 11.2. The zero-order chi connectivity index (χ0) is 6.97. The van der Waals surface area contributed by atoms with E-state index in [4.69, 9.17) is 0 Å². The highest BCUT2D eigenvalue weighted by molar-refractivity contribution is 5.83. The van der Waals surface area contributed by atoms with E-state index in [2.05, 4.69) is 0 Å². The first-order chi connectivity index (χ1) is 4.88. The summed E-state index contributed by atoms with van der Waals surface area (Å²) in [5, 5.41) is 0. The SMILES string of the molecule is O=C1CCC2CCCCC12. The number of carbonyl (C=O) groups is 1. The molecule has 0 heterocycles. The van der Waals surface area contributed by atoms with E-state index in [-0.39, 0.29) is 0 Å². The molecule has 0 spiro atoms. The Morgan fingerprint density at radius 1 is 1.10 bits per heavy atom. The Labute approximate surface area is 61.8 Å². The van der Waals surface area contributed by atoms with Gasteiger partial charge in [-0.3, -0.25) is 4.79 Å². The van der Waals surface area contributed by atoms with Gasteiger partial charge in [0.25, 0.3) is 0 Å². The standard InChI is InChI=1S/C9H14O/c10-9-6-5-7-3-1-2-4-8(7)9/h7-8H,1-6H2. The van der Waals surface area contributed by atoms with E-state index >= 15 is 0 Å². The van der Waals surface area contributed by atoms with Gasteiger partial charge < -0.3 is 0 Å². The number of hydrogen-bond acceptors (Lipinski definition) is 1. The highest BCUT2D eigenvalue weighted by Crippen LogP contribution is 2.39. The molecule has 2 saturated carbocycles. The summed E-state index contributed by atoms with van der Waals surface area (Å²) < 4.78 is 0. The van der Waals surface area contributed by atoms with Gasteiger partial charge in [-0.05, 0) is 25.2 Å². The van der Waals surface area contributed by atoms with Crippen LogP contribution in [0.1, 0.15) is 38.5 Å². The summed E-state index contributed by atoms with van der Waals surface area (Å²) in [6.07, 6.45) is 7.28. The van der Waals surface area contributed by atoms with Gasteiger partial charge in [0, 0.05) is 12.3 Å². The number of ketones is 1. The van der Waals surface area contributed by atoms with Gasteiger partial charge in [-0.1, -0.05) is 12.8 Å². The van der Waals surface area contributed by atoms with Gasteiger partial charge in [-0.2, -0.15) is 0 Å². The Kier molecular flexibility index (Phi) is 1.51. The predicted molar refractivity (Wildman–Crippen MR) is 39.7 cm³/mol. The van der Waals surface area contributed by atoms with Crippen molar-refractivity contribution in [3.8, 4) is 0 Å². The van der Waals surface area contributed by atoms with Crippen molar-refractivity contribution in [1.29, 1.82) is 0 Å². The number of rotatable bonds is 0. The summed E-state index contributed by atoms with van der Waals surface area (Å²) >= 11 is 0. The maximum atomic E-state index is 11.2. The molecule has 2 aliphatic rings. The zero-order valence-corrected chi connectivity index (χ0v) is 6.31. The molecular weight excluding hydrogens is 124 g/mol. The molecule has 0 saturated heterocycles. The van der Waals surface area contributed by atoms with Crippen molar-refractivity contribution in [2.24, 2.45) is 11.8 Å². The van der Waals surface area contributed by atoms with Crippen molar-refractivity contribution in [2.75, 3.05) is 0 Å². The van der Waals surface area contributed by atoms with Gasteiger partial charge in [0.05, 0.1) is 0 Å². The van der Waals surface area contributed by atoms with Crippen LogP contribution in [0.3, 0.4) is 0 Å². The molecule has 0 radical (unpaired) electrons. The van der Waals surface area contributed by atoms with Crippen LogP contribution in [0.4, 0.5) is 0 Å². The first-order valence-electron chi connectivity index (χ1n) is 4.40. The monoisotopic (exact) mass is 138 g/mol. The van der Waals surface area contributed by atoms with E-state index in [0.717, 1.165) is 12.3 Å². The van der Waals surface area contributed by atoms with Crippen LogP contribution < -0.4 is 0 Å². The van der Waals surface area contributed by atoms with Gasteiger partial charge >= 0.3 is 0 Å². The minimum atomic E-state index is 0.494. The molecule has 2 fully saturated rings. The topological polar surface area (TPSA) is 17.1 Å². The number of Topliss-reactive ketones (excluding diaryl/α,β-unsaturated/α-hetero) is 1. The lowest BCUT2D eigenvalue weighted by Crippen LogP contribution is -2.18. The molecule has 2 aliphatic carbocycles. The molecule has 0 aromatic rings. The van der Waals surface area contributed by atoms with Gasteiger partial charge in [0.1, 0.15) is 5.78 Å². The molecule has 2 rings (SSSR count). The fourth-order valence-electron chi connectivity index (χ4n) is 2.49. The van der Waals surface area contributed by atoms with Crippen molar-refractivity contribution < 1.29 is 4.79 Å². The van der Waals surface area contributed by atoms with Gasteiger partial charge in [0.15, 0.2) is 0 Å². The highest BCUT2D eigenvalue weighted by Gasteiger charge is 2.35. The van der Waals surface area contributed by atoms with Crippen LogP contribution in [0.15, 0.2) is 0 Å². The minimum absolute atomic E-state index is 0.494. The van der Waals surface area contributed by atoms with Gasteiger partial charge in [-0.15, -0.1) is 0 Å². The number of fused-ring (bicyclic) bond motifs is 1. The van der Waals surface area contributed by atoms with Crippen LogP contribution in [0.2, 0.25) is 0 Å². The van der Waals surface area contributed by atoms with E-state index in [0.29, 0.717) is 11.7 Å². The summed E-state index contributed by atoms with van der Waals surface area (Å²) in [6.45, 7) is 0. The quantitative estimate of drug-likeness (QED) is 0.501. The molecule has 1 nitrogen and oxygen atoms in total. The molecule has 1 heteroatoms. The smallest absolute Gasteiger partial charge is 0.136 e. The fraction of sp³-hybridized carbons (Fsp3) is 0.889. The molecule has 2 atom stereocenters. The predicted octanol–water partition coefficient (Wildman–Crippen LogP) is 2.16. The van der Waals surface area contributed by atoms with E-state index in [1.54, 1.807) is 0 Å². The van der Waals surface area contributed by atoms with E-state index in [9.17, 15) is 4.79 Å². The van der Waals surface area contributed by atoms with Crippen LogP contribution in [-0.2, 0) is 4.79 Å². The number of hydrogen-bond donors (Lipinski definition) is 0. The van der Waals surface area contributed by atoms with Crippen molar-refractivity contribution in [1.82, 2.24) is 0 Å². The van der Waals surface area contributed by atoms with Crippen LogP contribution in [-0.4, -0.2) is 5.78 Å². The molecule has 0 bridgehead atoms. The normalized spacial score (nSPS) is 39.8. The first-order valence-corrected chi connectivity index (χ1v) is 4.40. The highest BCUT2D eigenvalue weighted by atomic mass is 16.1. The Morgan fingerprint density at radius 3 is 2.70 bits per heavy atom. The summed E-state index contributed by atoms with van der Waals surface area (Å²) in [5.74, 6) is 1.85. The van der Waals surface area contributed by atoms with Crippen LogP contribution in [0.25, 0.3) is 0 Å². The summed E-state index contributed by atoms with van der Waals surface area (Å²) in [5.41, 5.74) is 0. The van der Waals surface area contributed by atoms with Crippen LogP contribution in [0.5, 0.6) is 0 Å². The second-order valence-corrected chi connectivity index (χ2v) is 3.66. The molecular formula is C9H14O.